The number of benzene rings is 2. The summed E-state index contributed by atoms with van der Waals surface area (Å²) in [5.41, 5.74) is 16.3. The van der Waals surface area contributed by atoms with Gasteiger partial charge in [0, 0.05) is 5.92 Å². The van der Waals surface area contributed by atoms with Gasteiger partial charge in [-0.1, -0.05) is 57.2 Å². The minimum atomic E-state index is 0.481. The van der Waals surface area contributed by atoms with Gasteiger partial charge in [0.2, 0.25) is 0 Å². The Morgan fingerprint density at radius 1 is 1.00 bits per heavy atom. The Labute approximate surface area is 157 Å². The van der Waals surface area contributed by atoms with E-state index in [0.29, 0.717) is 5.92 Å². The smallest absolute Gasteiger partial charge is 0.00736 e. The van der Waals surface area contributed by atoms with Crippen molar-refractivity contribution in [2.45, 2.75) is 46.5 Å². The first-order chi connectivity index (χ1) is 12.7. The maximum absolute atomic E-state index is 3.27. The quantitative estimate of drug-likeness (QED) is 0.448. The lowest BCUT2D eigenvalue weighted by Gasteiger charge is -2.22. The lowest BCUT2D eigenvalue weighted by molar-refractivity contribution is 0.927. The van der Waals surface area contributed by atoms with Crippen molar-refractivity contribution >= 4 is 5.57 Å². The van der Waals surface area contributed by atoms with Crippen molar-refractivity contribution in [2.75, 3.05) is 0 Å². The van der Waals surface area contributed by atoms with Crippen LogP contribution < -0.4 is 0 Å². The van der Waals surface area contributed by atoms with Crippen LogP contribution in [-0.2, 0) is 6.42 Å². The molecule has 1 atom stereocenters. The molecular formula is C26H26. The largest absolute Gasteiger partial charge is 0.121 e. The zero-order valence-electron chi connectivity index (χ0n) is 16.2. The molecule has 0 amide bonds. The number of rotatable bonds is 0. The Balaban J connectivity index is 0.000000814. The highest BCUT2D eigenvalue weighted by molar-refractivity contribution is 5.88. The molecule has 3 aliphatic carbocycles. The third-order valence-corrected chi connectivity index (χ3v) is 5.80. The maximum Gasteiger partial charge on any atom is 0.00736 e. The van der Waals surface area contributed by atoms with Crippen molar-refractivity contribution in [3.8, 4) is 11.1 Å². The van der Waals surface area contributed by atoms with Gasteiger partial charge < -0.3 is 0 Å². The highest BCUT2D eigenvalue weighted by atomic mass is 14.3. The molecule has 0 fully saturated rings. The average molecular weight is 338 g/mol. The highest BCUT2D eigenvalue weighted by Gasteiger charge is 2.29. The Morgan fingerprint density at radius 3 is 2.69 bits per heavy atom. The zero-order valence-corrected chi connectivity index (χ0v) is 16.2. The highest BCUT2D eigenvalue weighted by Crippen LogP contribution is 2.49. The molecule has 3 aliphatic rings. The monoisotopic (exact) mass is 338 g/mol. The molecule has 0 aromatic heterocycles. The predicted octanol–water partition coefficient (Wildman–Crippen LogP) is 7.13. The minimum Gasteiger partial charge on any atom is -0.121 e. The first-order valence-electron chi connectivity index (χ1n) is 9.83. The van der Waals surface area contributed by atoms with Crippen LogP contribution in [0, 0.1) is 6.92 Å². The summed E-state index contributed by atoms with van der Waals surface area (Å²) < 4.78 is 0. The van der Waals surface area contributed by atoms with Gasteiger partial charge >= 0.3 is 0 Å². The van der Waals surface area contributed by atoms with Crippen molar-refractivity contribution in [1.82, 2.24) is 0 Å². The molecule has 0 radical (unpaired) electrons. The van der Waals surface area contributed by atoms with Gasteiger partial charge in [-0.15, -0.1) is 5.73 Å². The average Bonchev–Trinajstić information content (AvgIpc) is 2.83. The van der Waals surface area contributed by atoms with Gasteiger partial charge in [0.05, 0.1) is 0 Å². The van der Waals surface area contributed by atoms with Crippen LogP contribution in [0.1, 0.15) is 60.9 Å². The molecule has 1 unspecified atom stereocenters. The molecule has 0 N–H and O–H groups in total. The van der Waals surface area contributed by atoms with E-state index in [-0.39, 0.29) is 0 Å². The molecule has 2 aromatic rings. The zero-order chi connectivity index (χ0) is 18.3. The van der Waals surface area contributed by atoms with Crippen LogP contribution in [0.4, 0.5) is 0 Å². The predicted molar refractivity (Wildman–Crippen MR) is 113 cm³/mol. The third-order valence-electron chi connectivity index (χ3n) is 5.80. The molecule has 0 bridgehead atoms. The molecule has 0 nitrogen and oxygen atoms in total. The molecule has 0 aliphatic heterocycles. The van der Waals surface area contributed by atoms with E-state index in [1.165, 1.54) is 50.1 Å². The van der Waals surface area contributed by atoms with Gasteiger partial charge in [0.15, 0.2) is 0 Å². The molecule has 0 heteroatoms. The second-order valence-electron chi connectivity index (χ2n) is 7.13. The van der Waals surface area contributed by atoms with Crippen molar-refractivity contribution in [3.63, 3.8) is 0 Å². The van der Waals surface area contributed by atoms with E-state index >= 15 is 0 Å². The Kier molecular flexibility index (Phi) is 4.31. The molecule has 0 spiro atoms. The fourth-order valence-corrected chi connectivity index (χ4v) is 4.55. The molecular weight excluding hydrogens is 312 g/mol. The van der Waals surface area contributed by atoms with Crippen molar-refractivity contribution in [2.24, 2.45) is 0 Å². The number of hydrogen-bond donors (Lipinski definition) is 0. The third kappa shape index (κ3) is 2.45. The summed E-state index contributed by atoms with van der Waals surface area (Å²) >= 11 is 0. The maximum atomic E-state index is 3.27. The van der Waals surface area contributed by atoms with E-state index < -0.39 is 0 Å². The Morgan fingerprint density at radius 2 is 1.85 bits per heavy atom. The van der Waals surface area contributed by atoms with Crippen LogP contribution in [0.25, 0.3) is 16.7 Å². The second-order valence-corrected chi connectivity index (χ2v) is 7.13. The summed E-state index contributed by atoms with van der Waals surface area (Å²) in [6.45, 7) is 8.59. The summed E-state index contributed by atoms with van der Waals surface area (Å²) in [6.07, 6.45) is 10.8. The number of fused-ring (bicyclic) bond motifs is 5. The molecule has 5 rings (SSSR count). The van der Waals surface area contributed by atoms with Crippen LogP contribution in [-0.4, -0.2) is 0 Å². The van der Waals surface area contributed by atoms with E-state index in [0.717, 1.165) is 12.8 Å². The fourth-order valence-electron chi connectivity index (χ4n) is 4.55. The van der Waals surface area contributed by atoms with E-state index in [1.54, 1.807) is 0 Å². The molecule has 0 saturated carbocycles. The number of hydrogen-bond acceptors (Lipinski definition) is 0. The van der Waals surface area contributed by atoms with Crippen LogP contribution in [0.5, 0.6) is 0 Å². The number of aryl methyl sites for hydroxylation is 2. The van der Waals surface area contributed by atoms with Gasteiger partial charge in [-0.25, -0.2) is 0 Å². The molecule has 2 aromatic carbocycles. The molecule has 0 saturated heterocycles. The summed E-state index contributed by atoms with van der Waals surface area (Å²) in [5, 5.41) is 0. The Hall–Kier alpha value is -2.56. The second kappa shape index (κ2) is 6.63. The lowest BCUT2D eigenvalue weighted by Crippen LogP contribution is -2.04. The van der Waals surface area contributed by atoms with Crippen molar-refractivity contribution in [1.29, 1.82) is 0 Å². The van der Waals surface area contributed by atoms with Crippen LogP contribution in [0.15, 0.2) is 65.9 Å². The van der Waals surface area contributed by atoms with E-state index in [2.05, 4.69) is 68.1 Å². The molecule has 26 heavy (non-hydrogen) atoms. The van der Waals surface area contributed by atoms with Crippen LogP contribution in [0.2, 0.25) is 0 Å². The van der Waals surface area contributed by atoms with Crippen molar-refractivity contribution in [3.05, 3.63) is 93.8 Å². The summed E-state index contributed by atoms with van der Waals surface area (Å²) in [6, 6.07) is 11.7. The van der Waals surface area contributed by atoms with E-state index in [1.807, 2.05) is 19.9 Å². The van der Waals surface area contributed by atoms with Gasteiger partial charge in [-0.05, 0) is 88.1 Å². The summed E-state index contributed by atoms with van der Waals surface area (Å²) in [7, 11) is 0. The summed E-state index contributed by atoms with van der Waals surface area (Å²) in [5.74, 6) is 0.481. The summed E-state index contributed by atoms with van der Waals surface area (Å²) in [4.78, 5) is 0. The minimum absolute atomic E-state index is 0.481. The van der Waals surface area contributed by atoms with E-state index in [4.69, 9.17) is 0 Å². The van der Waals surface area contributed by atoms with Gasteiger partial charge in [0.25, 0.3) is 0 Å². The molecule has 130 valence electrons. The van der Waals surface area contributed by atoms with Crippen molar-refractivity contribution < 1.29 is 0 Å². The normalized spacial score (nSPS) is 18.4. The Bertz CT molecular complexity index is 1000. The van der Waals surface area contributed by atoms with Crippen LogP contribution >= 0.6 is 0 Å². The number of allylic oxidation sites excluding steroid dienone is 5. The van der Waals surface area contributed by atoms with E-state index in [9.17, 15) is 0 Å². The first kappa shape index (κ1) is 16.9. The standard InChI is InChI=1S/C24H20.C2H6/c1-15-7-6-10-19-16(2)21-14-22-18(13-23(21)24(15)19)12-11-17-8-4-3-5-9-20(17)22;1-2/h3,5-10,13-14,16H,11-12H2,1-2H3;1-2H3. The topological polar surface area (TPSA) is 0 Å². The lowest BCUT2D eigenvalue weighted by atomic mass is 9.82. The molecule has 0 heterocycles. The van der Waals surface area contributed by atoms with Gasteiger partial charge in [-0.3, -0.25) is 0 Å². The fraction of sp³-hybridized carbons (Fsp3) is 0.269. The first-order valence-corrected chi connectivity index (χ1v) is 9.83. The SMILES string of the molecule is CC.Cc1cccc2c1-c1cc3c(cc1C2C)C1=C(C=C=CC=C1)CC3. The van der Waals surface area contributed by atoms with Gasteiger partial charge in [0.1, 0.15) is 0 Å². The van der Waals surface area contributed by atoms with Crippen LogP contribution in [0.3, 0.4) is 0 Å². The van der Waals surface area contributed by atoms with Gasteiger partial charge in [-0.2, -0.15) is 0 Å².